The number of aliphatic carboxylic acids is 1. The molecule has 3 N–H and O–H groups in total. The van der Waals surface area contributed by atoms with Crippen molar-refractivity contribution >= 4 is 36.0 Å². The molecule has 2 aliphatic heterocycles. The second kappa shape index (κ2) is 13.7. The molecule has 3 amide bonds. The lowest BCUT2D eigenvalue weighted by Gasteiger charge is -2.48. The average molecular weight is 654 g/mol. The fourth-order valence-corrected chi connectivity index (χ4v) is 6.40. The van der Waals surface area contributed by atoms with Gasteiger partial charge in [0.2, 0.25) is 5.91 Å². The summed E-state index contributed by atoms with van der Waals surface area (Å²) in [6, 6.07) is 11.4. The minimum absolute atomic E-state index is 0.0719. The smallest absolute Gasteiger partial charge is 0.412 e. The number of nitrogens with one attached hydrogen (secondary N) is 2. The Balaban J connectivity index is 1.35. The first-order valence-electron chi connectivity index (χ1n) is 14.9. The van der Waals surface area contributed by atoms with E-state index in [1.165, 1.54) is 13.8 Å². The van der Waals surface area contributed by atoms with E-state index < -0.39 is 78.7 Å². The number of ether oxygens (including phenoxy) is 5. The average Bonchev–Trinajstić information content (AvgIpc) is 3.55. The summed E-state index contributed by atoms with van der Waals surface area (Å²) in [7, 11) is 0. The van der Waals surface area contributed by atoms with Crippen molar-refractivity contribution in [1.29, 1.82) is 0 Å². The van der Waals surface area contributed by atoms with Gasteiger partial charge in [-0.15, -0.1) is 0 Å². The zero-order valence-electron chi connectivity index (χ0n) is 26.0. The monoisotopic (exact) mass is 653 g/mol. The van der Waals surface area contributed by atoms with Gasteiger partial charge in [0.25, 0.3) is 0 Å². The second-order valence-corrected chi connectivity index (χ2v) is 11.4. The molecule has 15 nitrogen and oxygen atoms in total. The molecule has 47 heavy (non-hydrogen) atoms. The molecule has 0 bridgehead atoms. The van der Waals surface area contributed by atoms with Gasteiger partial charge in [-0.25, -0.2) is 14.4 Å². The molecule has 1 aliphatic carbocycles. The van der Waals surface area contributed by atoms with Crippen molar-refractivity contribution in [2.75, 3.05) is 13.2 Å². The van der Waals surface area contributed by atoms with E-state index in [2.05, 4.69) is 10.6 Å². The van der Waals surface area contributed by atoms with Crippen LogP contribution in [-0.2, 0) is 42.9 Å². The van der Waals surface area contributed by atoms with Crippen LogP contribution in [0.5, 0.6) is 0 Å². The summed E-state index contributed by atoms with van der Waals surface area (Å²) in [6.45, 7) is 4.38. The number of rotatable bonds is 10. The molecule has 0 unspecified atom stereocenters. The first kappa shape index (κ1) is 33.2. The molecule has 2 aromatic carbocycles. The Hall–Kier alpha value is -5.18. The van der Waals surface area contributed by atoms with E-state index in [4.69, 9.17) is 23.7 Å². The number of carbonyl (C=O) groups is 6. The van der Waals surface area contributed by atoms with Gasteiger partial charge in [0, 0.05) is 26.7 Å². The SMILES string of the molecule is CC(=O)N[C@@H]1[C@@H](OC(C)=O)[C@H](OC(C)=O)[C@H]2COC(=O)N2[C@@H]1O[C@H](C)[C@H](NC(=O)OCC1c2ccccc2-c2ccccc21)C(=O)O. The quantitative estimate of drug-likeness (QED) is 0.249. The Morgan fingerprint density at radius 2 is 1.51 bits per heavy atom. The van der Waals surface area contributed by atoms with Crippen LogP contribution in [0.15, 0.2) is 48.5 Å². The number of nitrogens with zero attached hydrogens (tertiary/aromatic N) is 1. The summed E-state index contributed by atoms with van der Waals surface area (Å²) in [5.74, 6) is -3.90. The molecule has 7 atom stereocenters. The maximum absolute atomic E-state index is 13.0. The van der Waals surface area contributed by atoms with E-state index >= 15 is 0 Å². The largest absolute Gasteiger partial charge is 0.480 e. The Bertz CT molecular complexity index is 1530. The third-order valence-electron chi connectivity index (χ3n) is 8.26. The first-order valence-corrected chi connectivity index (χ1v) is 14.9. The molecule has 0 aromatic heterocycles. The normalized spacial score (nSPS) is 24.0. The van der Waals surface area contributed by atoms with Crippen molar-refractivity contribution in [2.45, 2.75) is 76.3 Å². The Morgan fingerprint density at radius 3 is 2.06 bits per heavy atom. The predicted octanol–water partition coefficient (Wildman–Crippen LogP) is 1.91. The summed E-state index contributed by atoms with van der Waals surface area (Å²) >= 11 is 0. The van der Waals surface area contributed by atoms with Crippen molar-refractivity contribution in [2.24, 2.45) is 0 Å². The highest BCUT2D eigenvalue weighted by Gasteiger charge is 2.59. The third kappa shape index (κ3) is 6.84. The summed E-state index contributed by atoms with van der Waals surface area (Å²) in [6.07, 6.45) is -7.38. The summed E-state index contributed by atoms with van der Waals surface area (Å²) in [4.78, 5) is 75.7. The number of fused-ring (bicyclic) bond motifs is 4. The third-order valence-corrected chi connectivity index (χ3v) is 8.26. The van der Waals surface area contributed by atoms with Crippen LogP contribution in [0, 0.1) is 0 Å². The standard InChI is InChI=1S/C32H35N3O12/c1-15(25(30(39)40)34-31(41)43-13-23-21-11-7-5-9-19(21)20-10-6-8-12-22(20)23)45-29-26(33-16(2)36)28(47-18(4)38)27(46-17(3)37)24-14-44-32(42)35(24)29/h5-12,15,23-29H,13-14H2,1-4H3,(H,33,36)(H,34,41)(H,39,40)/t15-,24-,25+,26-,27-,28-,29-/m1/s1. The maximum Gasteiger partial charge on any atom is 0.412 e. The number of cyclic esters (lactones) is 1. The predicted molar refractivity (Wildman–Crippen MR) is 160 cm³/mol. The van der Waals surface area contributed by atoms with Crippen molar-refractivity contribution in [3.05, 3.63) is 59.7 Å². The van der Waals surface area contributed by atoms with Gasteiger partial charge in [-0.05, 0) is 29.2 Å². The van der Waals surface area contributed by atoms with Gasteiger partial charge in [0.15, 0.2) is 24.5 Å². The van der Waals surface area contributed by atoms with E-state index in [1.54, 1.807) is 0 Å². The topological polar surface area (TPSA) is 196 Å². The highest BCUT2D eigenvalue weighted by atomic mass is 16.6. The van der Waals surface area contributed by atoms with Gasteiger partial charge in [-0.1, -0.05) is 48.5 Å². The summed E-state index contributed by atoms with van der Waals surface area (Å²) in [5.41, 5.74) is 3.97. The zero-order chi connectivity index (χ0) is 34.0. The van der Waals surface area contributed by atoms with Gasteiger partial charge >= 0.3 is 30.1 Å². The van der Waals surface area contributed by atoms with Crippen LogP contribution in [0.1, 0.15) is 44.7 Å². The fourth-order valence-electron chi connectivity index (χ4n) is 6.40. The number of carboxylic acid groups (broad SMARTS) is 1. The van der Waals surface area contributed by atoms with E-state index in [-0.39, 0.29) is 19.1 Å². The van der Waals surface area contributed by atoms with Crippen LogP contribution in [0.25, 0.3) is 11.1 Å². The molecular weight excluding hydrogens is 618 g/mol. The van der Waals surface area contributed by atoms with Crippen molar-refractivity contribution in [1.82, 2.24) is 15.5 Å². The van der Waals surface area contributed by atoms with Crippen molar-refractivity contribution in [3.8, 4) is 11.1 Å². The van der Waals surface area contributed by atoms with Gasteiger partial charge in [-0.2, -0.15) is 0 Å². The number of esters is 2. The van der Waals surface area contributed by atoms with Crippen LogP contribution in [0.4, 0.5) is 9.59 Å². The van der Waals surface area contributed by atoms with Gasteiger partial charge in [0.05, 0.1) is 6.10 Å². The van der Waals surface area contributed by atoms with E-state index in [1.807, 2.05) is 48.5 Å². The second-order valence-electron chi connectivity index (χ2n) is 11.4. The van der Waals surface area contributed by atoms with Crippen LogP contribution >= 0.6 is 0 Å². The summed E-state index contributed by atoms with van der Waals surface area (Å²) < 4.78 is 27.7. The number of carboxylic acids is 1. The molecule has 3 aliphatic rings. The van der Waals surface area contributed by atoms with E-state index in [0.29, 0.717) is 0 Å². The lowest BCUT2D eigenvalue weighted by atomic mass is 9.90. The number of piperidine rings is 1. The first-order chi connectivity index (χ1) is 22.4. The number of carbonyl (C=O) groups excluding carboxylic acids is 5. The molecule has 2 aromatic rings. The fraction of sp³-hybridized carbons (Fsp3) is 0.438. The van der Waals surface area contributed by atoms with E-state index in [0.717, 1.165) is 41.0 Å². The lowest BCUT2D eigenvalue weighted by Crippen LogP contribution is -2.72. The molecule has 0 spiro atoms. The number of benzene rings is 2. The Labute approximate surface area is 269 Å². The Morgan fingerprint density at radius 1 is 0.936 bits per heavy atom. The minimum atomic E-state index is -1.70. The number of hydrogen-bond donors (Lipinski definition) is 3. The van der Waals surface area contributed by atoms with Crippen molar-refractivity contribution in [3.63, 3.8) is 0 Å². The maximum atomic E-state index is 13.0. The molecule has 2 saturated heterocycles. The molecular formula is C32H35N3O12. The molecule has 5 rings (SSSR count). The van der Waals surface area contributed by atoms with Crippen LogP contribution < -0.4 is 10.6 Å². The number of amides is 3. The van der Waals surface area contributed by atoms with E-state index in [9.17, 15) is 33.9 Å². The van der Waals surface area contributed by atoms with Gasteiger partial charge in [0.1, 0.15) is 25.3 Å². The van der Waals surface area contributed by atoms with Crippen LogP contribution in [0.2, 0.25) is 0 Å². The zero-order valence-corrected chi connectivity index (χ0v) is 26.0. The summed E-state index contributed by atoms with van der Waals surface area (Å²) in [5, 5.41) is 15.0. The van der Waals surface area contributed by atoms with Gasteiger partial charge in [-0.3, -0.25) is 19.3 Å². The number of hydrogen-bond acceptors (Lipinski definition) is 11. The van der Waals surface area contributed by atoms with Crippen LogP contribution in [-0.4, -0.2) is 102 Å². The Kier molecular flexibility index (Phi) is 9.65. The molecule has 2 heterocycles. The van der Waals surface area contributed by atoms with Gasteiger partial charge < -0.3 is 39.4 Å². The highest BCUT2D eigenvalue weighted by Crippen LogP contribution is 2.44. The molecule has 0 saturated carbocycles. The van der Waals surface area contributed by atoms with Crippen molar-refractivity contribution < 1.29 is 57.6 Å². The van der Waals surface area contributed by atoms with Crippen LogP contribution in [0.3, 0.4) is 0 Å². The molecule has 2 fully saturated rings. The molecule has 0 radical (unpaired) electrons. The lowest BCUT2D eigenvalue weighted by molar-refractivity contribution is -0.211. The highest BCUT2D eigenvalue weighted by molar-refractivity contribution is 5.81. The molecule has 250 valence electrons. The minimum Gasteiger partial charge on any atom is -0.480 e. The molecule has 15 heteroatoms. The number of alkyl carbamates (subject to hydrolysis) is 1.